The van der Waals surface area contributed by atoms with Crippen molar-refractivity contribution in [1.82, 2.24) is 4.90 Å². The quantitative estimate of drug-likeness (QED) is 0.844. The fraction of sp³-hybridized carbons (Fsp3) is 0.500. The van der Waals surface area contributed by atoms with Gasteiger partial charge in [0.1, 0.15) is 0 Å². The minimum absolute atomic E-state index is 0.0969. The second-order valence-corrected chi connectivity index (χ2v) is 4.86. The van der Waals surface area contributed by atoms with Crippen molar-refractivity contribution in [3.63, 3.8) is 0 Å². The van der Waals surface area contributed by atoms with Crippen LogP contribution < -0.4 is 9.47 Å². The summed E-state index contributed by atoms with van der Waals surface area (Å²) in [5.41, 5.74) is -0.610. The van der Waals surface area contributed by atoms with Crippen molar-refractivity contribution >= 4 is 5.91 Å². The van der Waals surface area contributed by atoms with Crippen molar-refractivity contribution in [3.05, 3.63) is 24.3 Å². The highest BCUT2D eigenvalue weighted by atomic mass is 16.5. The number of aliphatic hydroxyl groups excluding tert-OH is 1. The van der Waals surface area contributed by atoms with Crippen molar-refractivity contribution in [2.75, 3.05) is 27.4 Å². The van der Waals surface area contributed by atoms with Crippen LogP contribution in [-0.2, 0) is 4.79 Å². The molecule has 1 rings (SSSR count). The standard InChI is InChI=1S/C14H21NO4/c1-14(2,10-16)15(3)13(17)9-19-12-8-6-5-7-11(12)18-4/h5-8,16H,9-10H2,1-4H3. The molecular formula is C14H21NO4. The van der Waals surface area contributed by atoms with E-state index >= 15 is 0 Å². The molecule has 0 saturated heterocycles. The number of ether oxygens (including phenoxy) is 2. The number of hydrogen-bond acceptors (Lipinski definition) is 4. The zero-order chi connectivity index (χ0) is 14.5. The van der Waals surface area contributed by atoms with Gasteiger partial charge in [0.15, 0.2) is 18.1 Å². The lowest BCUT2D eigenvalue weighted by atomic mass is 10.1. The molecule has 106 valence electrons. The number of nitrogens with zero attached hydrogens (tertiary/aromatic N) is 1. The van der Waals surface area contributed by atoms with Gasteiger partial charge in [-0.1, -0.05) is 12.1 Å². The van der Waals surface area contributed by atoms with Gasteiger partial charge in [0.25, 0.3) is 5.91 Å². The summed E-state index contributed by atoms with van der Waals surface area (Å²) in [6.07, 6.45) is 0. The summed E-state index contributed by atoms with van der Waals surface area (Å²) >= 11 is 0. The summed E-state index contributed by atoms with van der Waals surface area (Å²) in [5, 5.41) is 9.23. The third-order valence-electron chi connectivity index (χ3n) is 3.09. The number of benzene rings is 1. The van der Waals surface area contributed by atoms with Gasteiger partial charge in [0, 0.05) is 7.05 Å². The summed E-state index contributed by atoms with van der Waals surface area (Å²) in [6, 6.07) is 7.14. The molecule has 5 nitrogen and oxygen atoms in total. The van der Waals surface area contributed by atoms with Crippen LogP contribution in [0.2, 0.25) is 0 Å². The van der Waals surface area contributed by atoms with Crippen LogP contribution in [0.25, 0.3) is 0 Å². The van der Waals surface area contributed by atoms with E-state index in [2.05, 4.69) is 0 Å². The number of carbonyl (C=O) groups is 1. The molecule has 0 heterocycles. The van der Waals surface area contributed by atoms with E-state index in [0.717, 1.165) is 0 Å². The van der Waals surface area contributed by atoms with E-state index in [-0.39, 0.29) is 19.1 Å². The van der Waals surface area contributed by atoms with Crippen LogP contribution in [0, 0.1) is 0 Å². The Labute approximate surface area is 113 Å². The first kappa shape index (κ1) is 15.3. The molecule has 0 bridgehead atoms. The first-order valence-electron chi connectivity index (χ1n) is 6.05. The Balaban J connectivity index is 2.64. The average molecular weight is 267 g/mol. The molecule has 19 heavy (non-hydrogen) atoms. The molecule has 0 aliphatic carbocycles. The second-order valence-electron chi connectivity index (χ2n) is 4.86. The van der Waals surface area contributed by atoms with Gasteiger partial charge in [-0.2, -0.15) is 0 Å². The fourth-order valence-corrected chi connectivity index (χ4v) is 1.42. The number of hydrogen-bond donors (Lipinski definition) is 1. The average Bonchev–Trinajstić information content (AvgIpc) is 2.44. The summed E-state index contributed by atoms with van der Waals surface area (Å²) < 4.78 is 10.6. The minimum atomic E-state index is -0.610. The molecule has 0 atom stereocenters. The van der Waals surface area contributed by atoms with Gasteiger partial charge in [0.2, 0.25) is 0 Å². The highest BCUT2D eigenvalue weighted by molar-refractivity contribution is 5.78. The van der Waals surface area contributed by atoms with Crippen LogP contribution in [0.1, 0.15) is 13.8 Å². The molecule has 0 saturated carbocycles. The van der Waals surface area contributed by atoms with E-state index in [1.54, 1.807) is 40.1 Å². The number of likely N-dealkylation sites (N-methyl/N-ethyl adjacent to an activating group) is 1. The molecule has 0 fully saturated rings. The maximum atomic E-state index is 12.0. The van der Waals surface area contributed by atoms with Crippen LogP contribution in [0.5, 0.6) is 11.5 Å². The van der Waals surface area contributed by atoms with Gasteiger partial charge in [-0.15, -0.1) is 0 Å². The summed E-state index contributed by atoms with van der Waals surface area (Å²) in [7, 11) is 3.19. The first-order chi connectivity index (χ1) is 8.92. The van der Waals surface area contributed by atoms with Crippen molar-refractivity contribution < 1.29 is 19.4 Å². The lowest BCUT2D eigenvalue weighted by Gasteiger charge is -2.33. The number of methoxy groups -OCH3 is 1. The Hall–Kier alpha value is -1.75. The summed E-state index contributed by atoms with van der Waals surface area (Å²) in [6.45, 7) is 3.37. The summed E-state index contributed by atoms with van der Waals surface area (Å²) in [5.74, 6) is 0.901. The lowest BCUT2D eigenvalue weighted by Crippen LogP contribution is -2.49. The van der Waals surface area contributed by atoms with Crippen LogP contribution >= 0.6 is 0 Å². The van der Waals surface area contributed by atoms with Gasteiger partial charge in [-0.05, 0) is 26.0 Å². The smallest absolute Gasteiger partial charge is 0.260 e. The number of aliphatic hydroxyl groups is 1. The molecule has 1 N–H and O–H groups in total. The maximum Gasteiger partial charge on any atom is 0.260 e. The number of para-hydroxylation sites is 2. The van der Waals surface area contributed by atoms with E-state index in [1.807, 2.05) is 12.1 Å². The minimum Gasteiger partial charge on any atom is -0.493 e. The molecule has 5 heteroatoms. The predicted molar refractivity (Wildman–Crippen MR) is 72.4 cm³/mol. The molecule has 0 radical (unpaired) electrons. The summed E-state index contributed by atoms with van der Waals surface area (Å²) in [4.78, 5) is 13.4. The molecule has 0 aliphatic heterocycles. The van der Waals surface area contributed by atoms with Crippen LogP contribution in [0.4, 0.5) is 0 Å². The Morgan fingerprint density at radius 2 is 1.89 bits per heavy atom. The zero-order valence-corrected chi connectivity index (χ0v) is 11.8. The van der Waals surface area contributed by atoms with Crippen molar-refractivity contribution in [1.29, 1.82) is 0 Å². The molecule has 0 spiro atoms. The maximum absolute atomic E-state index is 12.0. The molecule has 0 unspecified atom stereocenters. The molecule has 1 aromatic carbocycles. The van der Waals surface area contributed by atoms with Gasteiger partial charge in [0.05, 0.1) is 19.3 Å². The molecule has 0 aromatic heterocycles. The molecular weight excluding hydrogens is 246 g/mol. The van der Waals surface area contributed by atoms with E-state index < -0.39 is 5.54 Å². The van der Waals surface area contributed by atoms with Crippen LogP contribution in [-0.4, -0.2) is 48.8 Å². The fourth-order valence-electron chi connectivity index (χ4n) is 1.42. The monoisotopic (exact) mass is 267 g/mol. The van der Waals surface area contributed by atoms with E-state index in [1.165, 1.54) is 4.90 Å². The second kappa shape index (κ2) is 6.43. The molecule has 1 amide bonds. The van der Waals surface area contributed by atoms with Gasteiger partial charge >= 0.3 is 0 Å². The van der Waals surface area contributed by atoms with Gasteiger partial charge < -0.3 is 19.5 Å². The number of carbonyl (C=O) groups excluding carboxylic acids is 1. The predicted octanol–water partition coefficient (Wildman–Crippen LogP) is 1.30. The number of rotatable bonds is 6. The van der Waals surface area contributed by atoms with E-state index in [9.17, 15) is 9.90 Å². The molecule has 0 aliphatic rings. The van der Waals surface area contributed by atoms with Crippen molar-refractivity contribution in [2.45, 2.75) is 19.4 Å². The highest BCUT2D eigenvalue weighted by Gasteiger charge is 2.27. The van der Waals surface area contributed by atoms with E-state index in [0.29, 0.717) is 11.5 Å². The Morgan fingerprint density at radius 3 is 2.42 bits per heavy atom. The zero-order valence-electron chi connectivity index (χ0n) is 11.8. The topological polar surface area (TPSA) is 59.0 Å². The SMILES string of the molecule is COc1ccccc1OCC(=O)N(C)C(C)(C)CO. The van der Waals surface area contributed by atoms with Crippen LogP contribution in [0.3, 0.4) is 0 Å². The van der Waals surface area contributed by atoms with Gasteiger partial charge in [-0.25, -0.2) is 0 Å². The van der Waals surface area contributed by atoms with Crippen LogP contribution in [0.15, 0.2) is 24.3 Å². The third-order valence-corrected chi connectivity index (χ3v) is 3.09. The lowest BCUT2D eigenvalue weighted by molar-refractivity contribution is -0.138. The van der Waals surface area contributed by atoms with E-state index in [4.69, 9.17) is 9.47 Å². The Kier molecular flexibility index (Phi) is 5.18. The normalized spacial score (nSPS) is 11.0. The molecule has 1 aromatic rings. The largest absolute Gasteiger partial charge is 0.493 e. The first-order valence-corrected chi connectivity index (χ1v) is 6.05. The number of amides is 1. The highest BCUT2D eigenvalue weighted by Crippen LogP contribution is 2.25. The van der Waals surface area contributed by atoms with Crippen molar-refractivity contribution in [2.24, 2.45) is 0 Å². The van der Waals surface area contributed by atoms with Gasteiger partial charge in [-0.3, -0.25) is 4.79 Å². The third kappa shape index (κ3) is 3.86. The Morgan fingerprint density at radius 1 is 1.32 bits per heavy atom. The van der Waals surface area contributed by atoms with Crippen molar-refractivity contribution in [3.8, 4) is 11.5 Å². The Bertz CT molecular complexity index is 431.